The maximum absolute atomic E-state index is 12.3. The van der Waals surface area contributed by atoms with Gasteiger partial charge in [-0.2, -0.15) is 0 Å². The van der Waals surface area contributed by atoms with E-state index >= 15 is 0 Å². The van der Waals surface area contributed by atoms with Crippen molar-refractivity contribution in [3.63, 3.8) is 0 Å². The van der Waals surface area contributed by atoms with Gasteiger partial charge >= 0.3 is 6.03 Å². The summed E-state index contributed by atoms with van der Waals surface area (Å²) in [5.41, 5.74) is 7.94. The molecule has 98 valence electrons. The fourth-order valence-corrected chi connectivity index (χ4v) is 2.38. The van der Waals surface area contributed by atoms with Crippen molar-refractivity contribution in [3.05, 3.63) is 29.8 Å². The molecule has 1 aromatic carbocycles. The minimum atomic E-state index is -0.0675. The van der Waals surface area contributed by atoms with Crippen LogP contribution in [-0.4, -0.2) is 30.1 Å². The van der Waals surface area contributed by atoms with Crippen LogP contribution in [-0.2, 0) is 0 Å². The Morgan fingerprint density at radius 3 is 2.39 bits per heavy atom. The number of hydrogen-bond acceptors (Lipinski definition) is 2. The van der Waals surface area contributed by atoms with Crippen molar-refractivity contribution in [1.29, 1.82) is 0 Å². The first-order valence-corrected chi connectivity index (χ1v) is 6.45. The Kier molecular flexibility index (Phi) is 3.57. The normalized spacial score (nSPS) is 17.7. The zero-order valence-corrected chi connectivity index (χ0v) is 11.3. The van der Waals surface area contributed by atoms with E-state index in [0.717, 1.165) is 24.3 Å². The van der Waals surface area contributed by atoms with E-state index in [1.165, 1.54) is 0 Å². The molecule has 0 aromatic heterocycles. The van der Waals surface area contributed by atoms with Gasteiger partial charge in [-0.25, -0.2) is 4.79 Å². The van der Waals surface area contributed by atoms with Gasteiger partial charge in [0.05, 0.1) is 5.69 Å². The van der Waals surface area contributed by atoms with Crippen LogP contribution in [0.25, 0.3) is 0 Å². The molecule has 1 aliphatic rings. The topological polar surface area (TPSA) is 49.6 Å². The van der Waals surface area contributed by atoms with Crippen LogP contribution in [0, 0.1) is 0 Å². The van der Waals surface area contributed by atoms with Crippen molar-refractivity contribution in [1.82, 2.24) is 4.90 Å². The molecule has 1 aliphatic heterocycles. The molecule has 1 aromatic rings. The van der Waals surface area contributed by atoms with Crippen LogP contribution in [0.15, 0.2) is 24.3 Å². The van der Waals surface area contributed by atoms with Gasteiger partial charge in [-0.05, 0) is 32.4 Å². The van der Waals surface area contributed by atoms with E-state index in [0.29, 0.717) is 0 Å². The Labute approximate surface area is 108 Å². The van der Waals surface area contributed by atoms with Crippen LogP contribution in [0.1, 0.15) is 32.4 Å². The van der Waals surface area contributed by atoms with Crippen molar-refractivity contribution in [2.24, 2.45) is 5.73 Å². The monoisotopic (exact) mass is 247 g/mol. The second-order valence-corrected chi connectivity index (χ2v) is 5.07. The number of rotatable bonds is 3. The number of benzene rings is 1. The third kappa shape index (κ3) is 2.20. The molecule has 0 saturated carbocycles. The molecule has 4 heteroatoms. The molecule has 0 spiro atoms. The Bertz CT molecular complexity index is 442. The number of carbonyl (C=O) groups excluding carboxylic acids is 1. The summed E-state index contributed by atoms with van der Waals surface area (Å²) in [4.78, 5) is 16.1. The third-order valence-corrected chi connectivity index (χ3v) is 3.38. The third-order valence-electron chi connectivity index (χ3n) is 3.38. The summed E-state index contributed by atoms with van der Waals surface area (Å²) in [6, 6.07) is 8.13. The largest absolute Gasteiger partial charge is 0.324 e. The zero-order chi connectivity index (χ0) is 13.3. The maximum atomic E-state index is 12.3. The Balaban J connectivity index is 2.31. The van der Waals surface area contributed by atoms with E-state index in [9.17, 15) is 4.79 Å². The molecule has 18 heavy (non-hydrogen) atoms. The molecule has 2 rings (SSSR count). The van der Waals surface area contributed by atoms with Gasteiger partial charge < -0.3 is 10.6 Å². The predicted octanol–water partition coefficient (Wildman–Crippen LogP) is 2.36. The molecule has 0 radical (unpaired) electrons. The fraction of sp³-hybridized carbons (Fsp3) is 0.500. The minimum absolute atomic E-state index is 0.0675. The Morgan fingerprint density at radius 1 is 1.17 bits per heavy atom. The molecule has 1 fully saturated rings. The van der Waals surface area contributed by atoms with E-state index < -0.39 is 0 Å². The number of para-hydroxylation sites is 1. The van der Waals surface area contributed by atoms with Gasteiger partial charge in [-0.1, -0.05) is 18.2 Å². The number of anilines is 1. The lowest BCUT2D eigenvalue weighted by Gasteiger charge is -2.24. The molecule has 1 heterocycles. The molecule has 1 atom stereocenters. The van der Waals surface area contributed by atoms with Gasteiger partial charge in [0.2, 0.25) is 0 Å². The summed E-state index contributed by atoms with van der Waals surface area (Å²) in [5.74, 6) is 0. The first-order chi connectivity index (χ1) is 8.52. The quantitative estimate of drug-likeness (QED) is 0.891. The summed E-state index contributed by atoms with van der Waals surface area (Å²) in [5, 5.41) is 0. The highest BCUT2D eigenvalue weighted by Gasteiger charge is 2.32. The fourth-order valence-electron chi connectivity index (χ4n) is 2.38. The smallest absolute Gasteiger partial charge is 0.324 e. The van der Waals surface area contributed by atoms with Crippen molar-refractivity contribution >= 4 is 11.7 Å². The molecule has 0 aliphatic carbocycles. The standard InChI is InChI=1S/C14H21N3O/c1-10(2)16-8-9-17(14(16)18)13-7-5-4-6-12(13)11(3)15/h4-7,10-11H,8-9,15H2,1-3H3. The van der Waals surface area contributed by atoms with Crippen molar-refractivity contribution in [2.75, 3.05) is 18.0 Å². The highest BCUT2D eigenvalue weighted by molar-refractivity contribution is 5.95. The number of amides is 2. The van der Waals surface area contributed by atoms with Crippen LogP contribution >= 0.6 is 0 Å². The Hall–Kier alpha value is -1.55. The lowest BCUT2D eigenvalue weighted by molar-refractivity contribution is 0.209. The second kappa shape index (κ2) is 4.98. The molecule has 4 nitrogen and oxygen atoms in total. The van der Waals surface area contributed by atoms with Crippen LogP contribution < -0.4 is 10.6 Å². The molecule has 2 amide bonds. The van der Waals surface area contributed by atoms with E-state index in [4.69, 9.17) is 5.73 Å². The highest BCUT2D eigenvalue weighted by Crippen LogP contribution is 2.28. The number of hydrogen-bond donors (Lipinski definition) is 1. The summed E-state index contributed by atoms with van der Waals surface area (Å²) in [6.07, 6.45) is 0. The molecule has 1 unspecified atom stereocenters. The number of carbonyl (C=O) groups is 1. The summed E-state index contributed by atoms with van der Waals surface area (Å²) < 4.78 is 0. The van der Waals surface area contributed by atoms with Crippen molar-refractivity contribution in [3.8, 4) is 0 Å². The van der Waals surface area contributed by atoms with E-state index in [-0.39, 0.29) is 18.1 Å². The SMILES string of the molecule is CC(N)c1ccccc1N1CCN(C(C)C)C1=O. The van der Waals surface area contributed by atoms with Crippen LogP contribution in [0.3, 0.4) is 0 Å². The average molecular weight is 247 g/mol. The van der Waals surface area contributed by atoms with Gasteiger partial charge in [0.15, 0.2) is 0 Å². The van der Waals surface area contributed by atoms with E-state index in [1.54, 1.807) is 0 Å². The number of nitrogens with zero attached hydrogens (tertiary/aromatic N) is 2. The molecule has 1 saturated heterocycles. The summed E-state index contributed by atoms with van der Waals surface area (Å²) in [6.45, 7) is 7.54. The number of urea groups is 1. The zero-order valence-electron chi connectivity index (χ0n) is 11.3. The first kappa shape index (κ1) is 12.9. The number of nitrogens with two attached hydrogens (primary N) is 1. The lowest BCUT2D eigenvalue weighted by Crippen LogP contribution is -2.36. The van der Waals surface area contributed by atoms with Gasteiger partial charge in [-0.3, -0.25) is 4.90 Å². The lowest BCUT2D eigenvalue weighted by atomic mass is 10.1. The molecule has 2 N–H and O–H groups in total. The first-order valence-electron chi connectivity index (χ1n) is 6.45. The summed E-state index contributed by atoms with van der Waals surface area (Å²) >= 11 is 0. The average Bonchev–Trinajstić information content (AvgIpc) is 2.71. The van der Waals surface area contributed by atoms with Crippen LogP contribution in [0.2, 0.25) is 0 Å². The summed E-state index contributed by atoms with van der Waals surface area (Å²) in [7, 11) is 0. The van der Waals surface area contributed by atoms with Gasteiger partial charge in [0.1, 0.15) is 0 Å². The van der Waals surface area contributed by atoms with Crippen LogP contribution in [0.5, 0.6) is 0 Å². The van der Waals surface area contributed by atoms with E-state index in [2.05, 4.69) is 0 Å². The van der Waals surface area contributed by atoms with Crippen molar-refractivity contribution in [2.45, 2.75) is 32.9 Å². The highest BCUT2D eigenvalue weighted by atomic mass is 16.2. The van der Waals surface area contributed by atoms with Gasteiger partial charge in [0.25, 0.3) is 0 Å². The Morgan fingerprint density at radius 2 is 1.83 bits per heavy atom. The molecular weight excluding hydrogens is 226 g/mol. The van der Waals surface area contributed by atoms with Crippen LogP contribution in [0.4, 0.5) is 10.5 Å². The maximum Gasteiger partial charge on any atom is 0.324 e. The van der Waals surface area contributed by atoms with Gasteiger partial charge in [-0.15, -0.1) is 0 Å². The second-order valence-electron chi connectivity index (χ2n) is 5.07. The predicted molar refractivity (Wildman–Crippen MR) is 73.6 cm³/mol. The molecular formula is C14H21N3O. The molecule has 0 bridgehead atoms. The minimum Gasteiger partial charge on any atom is -0.324 e. The van der Waals surface area contributed by atoms with E-state index in [1.807, 2.05) is 54.8 Å². The van der Waals surface area contributed by atoms with Gasteiger partial charge in [0, 0.05) is 25.2 Å². The van der Waals surface area contributed by atoms with Crippen molar-refractivity contribution < 1.29 is 4.79 Å².